The number of benzene rings is 2. The lowest BCUT2D eigenvalue weighted by molar-refractivity contribution is 0.0209. The highest BCUT2D eigenvalue weighted by atomic mass is 35.5. The van der Waals surface area contributed by atoms with Crippen LogP contribution in [0.1, 0.15) is 63.9 Å². The Labute approximate surface area is 325 Å². The van der Waals surface area contributed by atoms with Crippen molar-refractivity contribution in [3.05, 3.63) is 57.5 Å². The average molecular weight is 799 g/mol. The van der Waals surface area contributed by atoms with Crippen LogP contribution in [0, 0.1) is 23.1 Å². The highest BCUT2D eigenvalue weighted by molar-refractivity contribution is 7.98. The first kappa shape index (κ1) is 39.2. The van der Waals surface area contributed by atoms with E-state index in [0.717, 1.165) is 29.1 Å². The fraction of sp³-hybridized carbons (Fsp3) is 0.487. The van der Waals surface area contributed by atoms with Gasteiger partial charge in [-0.3, -0.25) is 0 Å². The predicted molar refractivity (Wildman–Crippen MR) is 213 cm³/mol. The van der Waals surface area contributed by atoms with Crippen molar-refractivity contribution >= 4 is 77.0 Å². The van der Waals surface area contributed by atoms with E-state index < -0.39 is 31.6 Å². The molecule has 4 atom stereocenters. The summed E-state index contributed by atoms with van der Waals surface area (Å²) >= 11 is 14.5. The Morgan fingerprint density at radius 1 is 1.21 bits per heavy atom. The molecule has 282 valence electrons. The number of nitriles is 1. The summed E-state index contributed by atoms with van der Waals surface area (Å²) in [7, 11) is -1.42. The second kappa shape index (κ2) is 15.0. The summed E-state index contributed by atoms with van der Waals surface area (Å²) in [6.07, 6.45) is 2.23. The predicted octanol–water partition coefficient (Wildman–Crippen LogP) is 10.8. The standard InChI is InChI=1S/C39H46Cl2FN5O4SSi/c1-21(44-37(48)50-15-16-53(6,7)8)28-19-26-35(47(28)34-23-18-29(34)46(20-23)38(49)51-39(2,3)4)25-17-22(11-10-14-43)30(24-12-9-13-27(40)31(24)41)32(42)33(25)45-36(26)52-5/h9,12-13,17,19,21,23,29,34H,10-11,15-16,18,20H2,1-8H3,(H,44,48)/t21-,23-,29-,34+/m1/s1. The van der Waals surface area contributed by atoms with Gasteiger partial charge in [0.05, 0.1) is 46.4 Å². The molecule has 2 amide bonds. The first-order chi connectivity index (χ1) is 24.9. The van der Waals surface area contributed by atoms with E-state index in [-0.39, 0.29) is 58.1 Å². The van der Waals surface area contributed by atoms with Crippen LogP contribution in [0.4, 0.5) is 14.0 Å². The Bertz CT molecular complexity index is 2140. The van der Waals surface area contributed by atoms with Crippen LogP contribution in [0.25, 0.3) is 32.9 Å². The molecule has 14 heteroatoms. The van der Waals surface area contributed by atoms with E-state index >= 15 is 4.39 Å². The molecule has 0 spiro atoms. The number of rotatable bonds is 10. The first-order valence-electron chi connectivity index (χ1n) is 17.9. The number of nitrogens with zero attached hydrogens (tertiary/aromatic N) is 4. The third kappa shape index (κ3) is 7.73. The van der Waals surface area contributed by atoms with Gasteiger partial charge in [-0.2, -0.15) is 5.26 Å². The van der Waals surface area contributed by atoms with Crippen molar-refractivity contribution in [3.63, 3.8) is 0 Å². The van der Waals surface area contributed by atoms with E-state index in [4.69, 9.17) is 37.7 Å². The quantitative estimate of drug-likeness (QED) is 0.126. The van der Waals surface area contributed by atoms with Gasteiger partial charge in [-0.1, -0.05) is 55.0 Å². The molecule has 2 saturated heterocycles. The minimum absolute atomic E-state index is 0.103. The number of pyridine rings is 1. The number of carbonyl (C=O) groups excluding carboxylic acids is 2. The number of nitrogens with one attached hydrogen (secondary N) is 1. The molecule has 3 fully saturated rings. The molecule has 53 heavy (non-hydrogen) atoms. The van der Waals surface area contributed by atoms with Gasteiger partial charge in [0, 0.05) is 54.6 Å². The molecule has 1 saturated carbocycles. The first-order valence-corrected chi connectivity index (χ1v) is 23.6. The lowest BCUT2D eigenvalue weighted by Crippen LogP contribution is -2.45. The zero-order chi connectivity index (χ0) is 38.6. The van der Waals surface area contributed by atoms with E-state index in [9.17, 15) is 14.9 Å². The Morgan fingerprint density at radius 2 is 1.94 bits per heavy atom. The van der Waals surface area contributed by atoms with Gasteiger partial charge in [0.1, 0.15) is 16.1 Å². The molecular formula is C39H46Cl2FN5O4SSi. The fourth-order valence-corrected chi connectivity index (χ4v) is 9.23. The van der Waals surface area contributed by atoms with Gasteiger partial charge in [0.2, 0.25) is 0 Å². The Kier molecular flexibility index (Phi) is 11.1. The van der Waals surface area contributed by atoms with Gasteiger partial charge >= 0.3 is 12.2 Å². The molecule has 0 unspecified atom stereocenters. The van der Waals surface area contributed by atoms with Gasteiger partial charge < -0.3 is 24.3 Å². The van der Waals surface area contributed by atoms with Crippen LogP contribution < -0.4 is 5.32 Å². The number of aromatic nitrogens is 2. The number of carbonyl (C=O) groups is 2. The number of thioether (sulfide) groups is 1. The number of aryl methyl sites for hydroxylation is 1. The number of hydrogen-bond donors (Lipinski definition) is 1. The van der Waals surface area contributed by atoms with E-state index in [0.29, 0.717) is 34.7 Å². The summed E-state index contributed by atoms with van der Waals surface area (Å²) in [4.78, 5) is 33.3. The van der Waals surface area contributed by atoms with Crippen LogP contribution in [-0.4, -0.2) is 65.8 Å². The van der Waals surface area contributed by atoms with Gasteiger partial charge in [0.15, 0.2) is 5.82 Å². The second-order valence-corrected chi connectivity index (χ2v) is 23.4. The zero-order valence-corrected chi connectivity index (χ0v) is 34.7. The van der Waals surface area contributed by atoms with Crippen LogP contribution in [0.5, 0.6) is 0 Å². The minimum Gasteiger partial charge on any atom is -0.450 e. The normalized spacial score (nSPS) is 18.9. The van der Waals surface area contributed by atoms with Crippen LogP contribution in [0.3, 0.4) is 0 Å². The van der Waals surface area contributed by atoms with Crippen LogP contribution in [0.15, 0.2) is 35.4 Å². The molecule has 2 aromatic heterocycles. The number of halogens is 3. The van der Waals surface area contributed by atoms with Crippen molar-refractivity contribution < 1.29 is 23.5 Å². The van der Waals surface area contributed by atoms with Gasteiger partial charge in [-0.15, -0.1) is 11.8 Å². The van der Waals surface area contributed by atoms with Crippen molar-refractivity contribution in [1.29, 1.82) is 5.26 Å². The van der Waals surface area contributed by atoms with Crippen LogP contribution in [0.2, 0.25) is 35.7 Å². The highest BCUT2D eigenvalue weighted by Gasteiger charge is 2.56. The van der Waals surface area contributed by atoms with E-state index in [2.05, 4.69) is 35.6 Å². The molecule has 1 N–H and O–H groups in total. The zero-order valence-electron chi connectivity index (χ0n) is 31.4. The lowest BCUT2D eigenvalue weighted by Gasteiger charge is -2.40. The molecule has 1 aliphatic carbocycles. The summed E-state index contributed by atoms with van der Waals surface area (Å²) in [5, 5.41) is 15.1. The number of hydrogen-bond acceptors (Lipinski definition) is 7. The lowest BCUT2D eigenvalue weighted by atomic mass is 9.79. The van der Waals surface area contributed by atoms with E-state index in [1.54, 1.807) is 23.1 Å². The summed E-state index contributed by atoms with van der Waals surface area (Å²) in [6, 6.07) is 11.2. The van der Waals surface area contributed by atoms with Crippen LogP contribution >= 0.6 is 35.0 Å². The van der Waals surface area contributed by atoms with Gasteiger partial charge in [-0.25, -0.2) is 19.0 Å². The molecule has 9 nitrogen and oxygen atoms in total. The van der Waals surface area contributed by atoms with Crippen LogP contribution in [-0.2, 0) is 15.9 Å². The third-order valence-corrected chi connectivity index (χ3v) is 13.3. The van der Waals surface area contributed by atoms with Crippen molar-refractivity contribution in [1.82, 2.24) is 19.8 Å². The summed E-state index contributed by atoms with van der Waals surface area (Å²) < 4.78 is 30.9. The molecule has 4 aromatic rings. The largest absolute Gasteiger partial charge is 0.450 e. The second-order valence-electron chi connectivity index (χ2n) is 16.2. The maximum absolute atomic E-state index is 17.3. The maximum atomic E-state index is 17.3. The SMILES string of the molecule is CSc1nc2c(F)c(-c3cccc(Cl)c3Cl)c(CCC#N)cc2c2c1cc([C@@H](C)NC(=O)OCC[Si](C)(C)C)n2[C@H]1[C@@H]2C[C@H]1N(C(=O)OC(C)(C)C)C2. The highest BCUT2D eigenvalue weighted by Crippen LogP contribution is 2.53. The monoisotopic (exact) mass is 797 g/mol. The Balaban J connectivity index is 1.57. The average Bonchev–Trinajstić information content (AvgIpc) is 3.77. The van der Waals surface area contributed by atoms with Crippen molar-refractivity contribution in [2.45, 2.75) is 101 Å². The molecule has 2 aliphatic heterocycles. The minimum atomic E-state index is -1.42. The maximum Gasteiger partial charge on any atom is 0.410 e. The smallest absolute Gasteiger partial charge is 0.410 e. The molecule has 2 aromatic carbocycles. The third-order valence-electron chi connectivity index (χ3n) is 10.1. The summed E-state index contributed by atoms with van der Waals surface area (Å²) in [5.74, 6) is -0.457. The van der Waals surface area contributed by atoms with Crippen molar-refractivity contribution in [2.75, 3.05) is 19.4 Å². The van der Waals surface area contributed by atoms with Gasteiger partial charge in [0.25, 0.3) is 0 Å². The molecular weight excluding hydrogens is 753 g/mol. The molecule has 4 heterocycles. The van der Waals surface area contributed by atoms with Gasteiger partial charge in [-0.05, 0) is 76.6 Å². The summed E-state index contributed by atoms with van der Waals surface area (Å²) in [5.41, 5.74) is 2.31. The number of fused-ring (bicyclic) bond motifs is 4. The molecule has 3 aliphatic rings. The topological polar surface area (TPSA) is 109 Å². The Hall–Kier alpha value is -3.50. The summed E-state index contributed by atoms with van der Waals surface area (Å²) in [6.45, 7) is 15.0. The number of alkyl carbamates (subject to hydrolysis) is 1. The fourth-order valence-electron chi connectivity index (χ4n) is 7.56. The molecule has 7 rings (SSSR count). The molecule has 2 bridgehead atoms. The van der Waals surface area contributed by atoms with Crippen molar-refractivity contribution in [2.24, 2.45) is 5.92 Å². The molecule has 0 radical (unpaired) electrons. The number of amides is 2. The van der Waals surface area contributed by atoms with E-state index in [1.165, 1.54) is 11.8 Å². The van der Waals surface area contributed by atoms with E-state index in [1.807, 2.05) is 46.1 Å². The van der Waals surface area contributed by atoms with Crippen molar-refractivity contribution in [3.8, 4) is 17.2 Å². The Morgan fingerprint density at radius 3 is 2.60 bits per heavy atom. The number of ether oxygens (including phenoxy) is 2.